The molecule has 0 aliphatic heterocycles. The Morgan fingerprint density at radius 1 is 1.53 bits per heavy atom. The van der Waals surface area contributed by atoms with E-state index in [-0.39, 0.29) is 15.8 Å². The number of nitrogens with zero attached hydrogens (tertiary/aromatic N) is 1. The van der Waals surface area contributed by atoms with Gasteiger partial charge in [-0.3, -0.25) is 4.79 Å². The standard InChI is InChI=1S/C11H14Cl2N2OS/c1-11(2,17-3)6-15-10(16)7-4-9(13)14-5-8(7)12/h4-5H,6H2,1-3H3,(H,15,16). The van der Waals surface area contributed by atoms with Crippen molar-refractivity contribution >= 4 is 40.9 Å². The third-order valence-corrected chi connectivity index (χ3v) is 4.05. The normalized spacial score (nSPS) is 11.4. The zero-order chi connectivity index (χ0) is 13.1. The summed E-state index contributed by atoms with van der Waals surface area (Å²) in [7, 11) is 0. The molecule has 1 rings (SSSR count). The number of rotatable bonds is 4. The molecule has 0 atom stereocenters. The van der Waals surface area contributed by atoms with Crippen LogP contribution in [0.3, 0.4) is 0 Å². The highest BCUT2D eigenvalue weighted by Gasteiger charge is 2.18. The van der Waals surface area contributed by atoms with Crippen molar-refractivity contribution in [3.05, 3.63) is 28.0 Å². The molecule has 3 nitrogen and oxygen atoms in total. The smallest absolute Gasteiger partial charge is 0.253 e. The van der Waals surface area contributed by atoms with E-state index in [0.717, 1.165) is 0 Å². The van der Waals surface area contributed by atoms with E-state index < -0.39 is 0 Å². The minimum atomic E-state index is -0.235. The highest BCUT2D eigenvalue weighted by atomic mass is 35.5. The third-order valence-electron chi connectivity index (χ3n) is 2.29. The highest BCUT2D eigenvalue weighted by molar-refractivity contribution is 7.99. The first-order chi connectivity index (χ1) is 7.85. The Morgan fingerprint density at radius 2 is 2.18 bits per heavy atom. The van der Waals surface area contributed by atoms with Crippen molar-refractivity contribution in [2.75, 3.05) is 12.8 Å². The van der Waals surface area contributed by atoms with Gasteiger partial charge >= 0.3 is 0 Å². The largest absolute Gasteiger partial charge is 0.351 e. The molecule has 1 heterocycles. The average Bonchev–Trinajstić information content (AvgIpc) is 2.29. The highest BCUT2D eigenvalue weighted by Crippen LogP contribution is 2.21. The van der Waals surface area contributed by atoms with Gasteiger partial charge in [0.05, 0.1) is 10.6 Å². The lowest BCUT2D eigenvalue weighted by atomic mass is 10.2. The molecule has 0 spiro atoms. The zero-order valence-electron chi connectivity index (χ0n) is 9.88. The summed E-state index contributed by atoms with van der Waals surface area (Å²) in [5.74, 6) is -0.235. The predicted octanol–water partition coefficient (Wildman–Crippen LogP) is 3.26. The van der Waals surface area contributed by atoms with Crippen LogP contribution in [0, 0.1) is 0 Å². The summed E-state index contributed by atoms with van der Waals surface area (Å²) in [6, 6.07) is 1.46. The molecular weight excluding hydrogens is 279 g/mol. The summed E-state index contributed by atoms with van der Waals surface area (Å²) < 4.78 is -0.0149. The van der Waals surface area contributed by atoms with E-state index >= 15 is 0 Å². The van der Waals surface area contributed by atoms with E-state index in [9.17, 15) is 4.79 Å². The lowest BCUT2D eigenvalue weighted by molar-refractivity contribution is 0.0951. The minimum absolute atomic E-state index is 0.0149. The molecule has 0 unspecified atom stereocenters. The quantitative estimate of drug-likeness (QED) is 0.866. The van der Waals surface area contributed by atoms with Gasteiger partial charge in [0.1, 0.15) is 5.15 Å². The Labute approximate surface area is 115 Å². The molecule has 0 fully saturated rings. The number of thioether (sulfide) groups is 1. The molecule has 0 aliphatic carbocycles. The first kappa shape index (κ1) is 14.6. The molecule has 1 aromatic rings. The molecule has 0 aromatic carbocycles. The van der Waals surface area contributed by atoms with Crippen LogP contribution in [-0.4, -0.2) is 28.4 Å². The molecule has 94 valence electrons. The summed E-state index contributed by atoms with van der Waals surface area (Å²) in [5.41, 5.74) is 0.351. The molecule has 0 saturated heterocycles. The van der Waals surface area contributed by atoms with Gasteiger partial charge in [-0.05, 0) is 26.2 Å². The number of carbonyl (C=O) groups is 1. The molecular formula is C11H14Cl2N2OS. The fraction of sp³-hybridized carbons (Fsp3) is 0.455. The Bertz CT molecular complexity index is 424. The van der Waals surface area contributed by atoms with Gasteiger partial charge in [0, 0.05) is 17.5 Å². The summed E-state index contributed by atoms with van der Waals surface area (Å²) in [4.78, 5) is 15.7. The van der Waals surface area contributed by atoms with Crippen LogP contribution >= 0.6 is 35.0 Å². The Balaban J connectivity index is 2.74. The fourth-order valence-corrected chi connectivity index (χ4v) is 1.61. The van der Waals surface area contributed by atoms with Gasteiger partial charge in [-0.15, -0.1) is 0 Å². The van der Waals surface area contributed by atoms with Crippen LogP contribution < -0.4 is 5.32 Å². The Morgan fingerprint density at radius 3 is 2.76 bits per heavy atom. The van der Waals surface area contributed by atoms with Gasteiger partial charge in [0.2, 0.25) is 0 Å². The van der Waals surface area contributed by atoms with Gasteiger partial charge in [0.15, 0.2) is 0 Å². The molecule has 0 aliphatic rings. The maximum absolute atomic E-state index is 11.9. The molecule has 0 bridgehead atoms. The number of pyridine rings is 1. The van der Waals surface area contributed by atoms with Crippen LogP contribution in [0.5, 0.6) is 0 Å². The molecule has 6 heteroatoms. The fourth-order valence-electron chi connectivity index (χ4n) is 1.05. The van der Waals surface area contributed by atoms with E-state index in [1.165, 1.54) is 12.3 Å². The van der Waals surface area contributed by atoms with Gasteiger partial charge in [-0.1, -0.05) is 23.2 Å². The van der Waals surface area contributed by atoms with Crippen molar-refractivity contribution in [1.82, 2.24) is 10.3 Å². The van der Waals surface area contributed by atoms with Crippen molar-refractivity contribution in [3.63, 3.8) is 0 Å². The van der Waals surface area contributed by atoms with E-state index in [4.69, 9.17) is 23.2 Å². The summed E-state index contributed by atoms with van der Waals surface area (Å²) in [5, 5.41) is 3.38. The van der Waals surface area contributed by atoms with Crippen molar-refractivity contribution < 1.29 is 4.79 Å². The van der Waals surface area contributed by atoms with Crippen LogP contribution in [-0.2, 0) is 0 Å². The maximum atomic E-state index is 11.9. The van der Waals surface area contributed by atoms with Gasteiger partial charge < -0.3 is 5.32 Å². The topological polar surface area (TPSA) is 42.0 Å². The number of hydrogen-bond donors (Lipinski definition) is 1. The van der Waals surface area contributed by atoms with E-state index in [0.29, 0.717) is 17.1 Å². The second kappa shape index (κ2) is 5.94. The molecule has 0 saturated carbocycles. The van der Waals surface area contributed by atoms with E-state index in [1.54, 1.807) is 11.8 Å². The van der Waals surface area contributed by atoms with Crippen LogP contribution in [0.2, 0.25) is 10.2 Å². The predicted molar refractivity (Wildman–Crippen MR) is 74.2 cm³/mol. The van der Waals surface area contributed by atoms with Crippen LogP contribution in [0.1, 0.15) is 24.2 Å². The first-order valence-electron chi connectivity index (χ1n) is 5.00. The van der Waals surface area contributed by atoms with Gasteiger partial charge in [-0.2, -0.15) is 11.8 Å². The summed E-state index contributed by atoms with van der Waals surface area (Å²) in [6.45, 7) is 4.67. The Kier molecular flexibility index (Phi) is 5.10. The molecule has 1 amide bonds. The van der Waals surface area contributed by atoms with Gasteiger partial charge in [-0.25, -0.2) is 4.98 Å². The average molecular weight is 293 g/mol. The van der Waals surface area contributed by atoms with Crippen LogP contribution in [0.15, 0.2) is 12.3 Å². The van der Waals surface area contributed by atoms with Crippen molar-refractivity contribution in [2.45, 2.75) is 18.6 Å². The van der Waals surface area contributed by atoms with Gasteiger partial charge in [0.25, 0.3) is 5.91 Å². The minimum Gasteiger partial charge on any atom is -0.351 e. The molecule has 0 radical (unpaired) electrons. The van der Waals surface area contributed by atoms with Crippen LogP contribution in [0.4, 0.5) is 0 Å². The van der Waals surface area contributed by atoms with E-state index in [2.05, 4.69) is 24.1 Å². The lowest BCUT2D eigenvalue weighted by Gasteiger charge is -2.22. The lowest BCUT2D eigenvalue weighted by Crippen LogP contribution is -2.36. The van der Waals surface area contributed by atoms with Crippen molar-refractivity contribution in [3.8, 4) is 0 Å². The Hall–Kier alpha value is -0.450. The second-order valence-corrected chi connectivity index (χ2v) is 6.44. The molecule has 1 aromatic heterocycles. The first-order valence-corrected chi connectivity index (χ1v) is 6.98. The second-order valence-electron chi connectivity index (χ2n) is 4.13. The summed E-state index contributed by atoms with van der Waals surface area (Å²) in [6.07, 6.45) is 3.38. The number of nitrogens with one attached hydrogen (secondary N) is 1. The third kappa shape index (κ3) is 4.37. The van der Waals surface area contributed by atoms with E-state index in [1.807, 2.05) is 6.26 Å². The number of aromatic nitrogens is 1. The maximum Gasteiger partial charge on any atom is 0.253 e. The molecule has 1 N–H and O–H groups in total. The monoisotopic (exact) mass is 292 g/mol. The number of halogens is 2. The van der Waals surface area contributed by atoms with Crippen LogP contribution in [0.25, 0.3) is 0 Å². The zero-order valence-corrected chi connectivity index (χ0v) is 12.2. The number of carbonyl (C=O) groups excluding carboxylic acids is 1. The number of hydrogen-bond acceptors (Lipinski definition) is 3. The number of amides is 1. The van der Waals surface area contributed by atoms with Crippen molar-refractivity contribution in [2.24, 2.45) is 0 Å². The van der Waals surface area contributed by atoms with Crippen molar-refractivity contribution in [1.29, 1.82) is 0 Å². The SMILES string of the molecule is CSC(C)(C)CNC(=O)c1cc(Cl)ncc1Cl. The summed E-state index contributed by atoms with van der Waals surface area (Å²) >= 11 is 13.3. The molecule has 17 heavy (non-hydrogen) atoms.